The Morgan fingerprint density at radius 1 is 1.12 bits per heavy atom. The lowest BCUT2D eigenvalue weighted by Gasteiger charge is -2.39. The summed E-state index contributed by atoms with van der Waals surface area (Å²) in [6, 6.07) is 10.7. The van der Waals surface area contributed by atoms with Crippen molar-refractivity contribution in [3.63, 3.8) is 0 Å². The van der Waals surface area contributed by atoms with Crippen LogP contribution in [0.4, 0.5) is 4.39 Å². The molecule has 0 spiro atoms. The van der Waals surface area contributed by atoms with Gasteiger partial charge in [-0.3, -0.25) is 4.79 Å². The number of nitrogens with one attached hydrogen (secondary N) is 1. The maximum atomic E-state index is 13.2. The normalized spacial score (nSPS) is 21.4. The fraction of sp³-hybridized carbons (Fsp3) is 0.458. The molecule has 1 fully saturated rings. The van der Waals surface area contributed by atoms with Crippen LogP contribution in [0.3, 0.4) is 0 Å². The van der Waals surface area contributed by atoms with Gasteiger partial charge in [0.1, 0.15) is 17.2 Å². The molecule has 172 valence electrons. The van der Waals surface area contributed by atoms with E-state index < -0.39 is 21.4 Å². The molecule has 8 heteroatoms. The average Bonchev–Trinajstić information content (AvgIpc) is 2.74. The van der Waals surface area contributed by atoms with Crippen LogP contribution in [0.1, 0.15) is 50.3 Å². The molecule has 0 bridgehead atoms. The van der Waals surface area contributed by atoms with Crippen molar-refractivity contribution in [1.82, 2.24) is 9.62 Å². The van der Waals surface area contributed by atoms with Gasteiger partial charge in [0.15, 0.2) is 0 Å². The highest BCUT2D eigenvalue weighted by Gasteiger charge is 2.37. The molecule has 0 saturated carbocycles. The van der Waals surface area contributed by atoms with E-state index in [9.17, 15) is 17.6 Å². The molecule has 2 aromatic carbocycles. The molecule has 2 heterocycles. The standard InChI is InChI=1S/C24H29FN2O4S/c1-16-4-9-22-20(14-16)21(15-24(2,3)31-22)26-23(28)17-10-12-27(13-11-17)32(29,30)19-7-5-18(25)6-8-19/h4-9,14,17,21H,10-13,15H2,1-3H3,(H,26,28). The third kappa shape index (κ3) is 4.66. The number of halogens is 1. The van der Waals surface area contributed by atoms with E-state index in [1.165, 1.54) is 16.4 Å². The van der Waals surface area contributed by atoms with Crippen molar-refractivity contribution in [3.05, 3.63) is 59.4 Å². The highest BCUT2D eigenvalue weighted by Crippen LogP contribution is 2.40. The van der Waals surface area contributed by atoms with Crippen LogP contribution in [0.5, 0.6) is 5.75 Å². The molecule has 1 atom stereocenters. The minimum Gasteiger partial charge on any atom is -0.487 e. The quantitative estimate of drug-likeness (QED) is 0.750. The smallest absolute Gasteiger partial charge is 0.243 e. The third-order valence-electron chi connectivity index (χ3n) is 6.22. The van der Waals surface area contributed by atoms with Crippen LogP contribution >= 0.6 is 0 Å². The number of fused-ring (bicyclic) bond motifs is 1. The maximum absolute atomic E-state index is 13.2. The first-order chi connectivity index (χ1) is 15.0. The van der Waals surface area contributed by atoms with Crippen molar-refractivity contribution < 1.29 is 22.3 Å². The van der Waals surface area contributed by atoms with E-state index in [0.717, 1.165) is 29.0 Å². The number of hydrogen-bond donors (Lipinski definition) is 1. The molecule has 32 heavy (non-hydrogen) atoms. The highest BCUT2D eigenvalue weighted by atomic mass is 32.2. The summed E-state index contributed by atoms with van der Waals surface area (Å²) in [5.74, 6) is -0.00221. The second kappa shape index (κ2) is 8.48. The molecule has 2 aliphatic rings. The summed E-state index contributed by atoms with van der Waals surface area (Å²) in [4.78, 5) is 13.1. The predicted octanol–water partition coefficient (Wildman–Crippen LogP) is 3.95. The number of sulfonamides is 1. The molecule has 4 rings (SSSR count). The van der Waals surface area contributed by atoms with E-state index in [-0.39, 0.29) is 35.9 Å². The summed E-state index contributed by atoms with van der Waals surface area (Å²) >= 11 is 0. The summed E-state index contributed by atoms with van der Waals surface area (Å²) < 4.78 is 46.3. The minimum atomic E-state index is -3.70. The molecule has 2 aromatic rings. The number of piperidine rings is 1. The number of ether oxygens (including phenoxy) is 1. The van der Waals surface area contributed by atoms with Crippen LogP contribution in [0.15, 0.2) is 47.4 Å². The fourth-order valence-corrected chi connectivity index (χ4v) is 5.98. The van der Waals surface area contributed by atoms with E-state index in [1.54, 1.807) is 0 Å². The highest BCUT2D eigenvalue weighted by molar-refractivity contribution is 7.89. The Labute approximate surface area is 188 Å². The zero-order valence-electron chi connectivity index (χ0n) is 18.6. The Balaban J connectivity index is 1.42. The first-order valence-electron chi connectivity index (χ1n) is 10.9. The maximum Gasteiger partial charge on any atom is 0.243 e. The number of aryl methyl sites for hydroxylation is 1. The zero-order valence-corrected chi connectivity index (χ0v) is 19.4. The second-order valence-corrected chi connectivity index (χ2v) is 11.2. The van der Waals surface area contributed by atoms with Crippen molar-refractivity contribution in [3.8, 4) is 5.75 Å². The number of carbonyl (C=O) groups is 1. The van der Waals surface area contributed by atoms with Gasteiger partial charge < -0.3 is 10.1 Å². The number of amides is 1. The van der Waals surface area contributed by atoms with Crippen LogP contribution < -0.4 is 10.1 Å². The SMILES string of the molecule is Cc1ccc2c(c1)C(NC(=O)C1CCN(S(=O)(=O)c3ccc(F)cc3)CC1)CC(C)(C)O2. The van der Waals surface area contributed by atoms with Gasteiger partial charge in [0.25, 0.3) is 0 Å². The Morgan fingerprint density at radius 3 is 2.44 bits per heavy atom. The third-order valence-corrected chi connectivity index (χ3v) is 8.13. The number of benzene rings is 2. The Kier molecular flexibility index (Phi) is 6.02. The van der Waals surface area contributed by atoms with E-state index in [1.807, 2.05) is 39.0 Å². The molecule has 0 aromatic heterocycles. The van der Waals surface area contributed by atoms with Crippen LogP contribution in [-0.4, -0.2) is 37.3 Å². The van der Waals surface area contributed by atoms with Crippen molar-refractivity contribution in [1.29, 1.82) is 0 Å². The van der Waals surface area contributed by atoms with Gasteiger partial charge >= 0.3 is 0 Å². The summed E-state index contributed by atoms with van der Waals surface area (Å²) in [5, 5.41) is 3.19. The number of hydrogen-bond acceptors (Lipinski definition) is 4. The van der Waals surface area contributed by atoms with E-state index in [4.69, 9.17) is 4.74 Å². The molecule has 1 saturated heterocycles. The summed E-state index contributed by atoms with van der Waals surface area (Å²) in [6.45, 7) is 6.54. The minimum absolute atomic E-state index is 0.0565. The molecule has 1 N–H and O–H groups in total. The first-order valence-corrected chi connectivity index (χ1v) is 12.3. The molecular formula is C24H29FN2O4S. The largest absolute Gasteiger partial charge is 0.487 e. The van der Waals surface area contributed by atoms with Gasteiger partial charge in [-0.15, -0.1) is 0 Å². The lowest BCUT2D eigenvalue weighted by Crippen LogP contribution is -2.46. The van der Waals surface area contributed by atoms with Gasteiger partial charge in [0, 0.05) is 31.0 Å². The van der Waals surface area contributed by atoms with Crippen molar-refractivity contribution in [2.24, 2.45) is 5.92 Å². The summed E-state index contributed by atoms with van der Waals surface area (Å²) in [7, 11) is -3.70. The zero-order chi connectivity index (χ0) is 23.1. The second-order valence-electron chi connectivity index (χ2n) is 9.30. The van der Waals surface area contributed by atoms with Crippen LogP contribution in [-0.2, 0) is 14.8 Å². The molecule has 6 nitrogen and oxygen atoms in total. The Hall–Kier alpha value is -2.45. The van der Waals surface area contributed by atoms with Gasteiger partial charge in [0.2, 0.25) is 15.9 Å². The van der Waals surface area contributed by atoms with Crippen molar-refractivity contribution in [2.45, 2.75) is 56.6 Å². The van der Waals surface area contributed by atoms with Gasteiger partial charge in [-0.25, -0.2) is 12.8 Å². The first kappa shape index (κ1) is 22.7. The molecule has 0 aliphatic carbocycles. The topological polar surface area (TPSA) is 75.7 Å². The molecule has 1 amide bonds. The van der Waals surface area contributed by atoms with Gasteiger partial charge in [-0.1, -0.05) is 17.7 Å². The van der Waals surface area contributed by atoms with E-state index >= 15 is 0 Å². The Morgan fingerprint density at radius 2 is 1.78 bits per heavy atom. The van der Waals surface area contributed by atoms with Crippen molar-refractivity contribution in [2.75, 3.05) is 13.1 Å². The van der Waals surface area contributed by atoms with Crippen molar-refractivity contribution >= 4 is 15.9 Å². The molecule has 1 unspecified atom stereocenters. The van der Waals surface area contributed by atoms with E-state index in [0.29, 0.717) is 19.3 Å². The van der Waals surface area contributed by atoms with Gasteiger partial charge in [-0.2, -0.15) is 4.31 Å². The fourth-order valence-electron chi connectivity index (χ4n) is 4.51. The molecule has 0 radical (unpaired) electrons. The Bertz CT molecular complexity index is 1110. The summed E-state index contributed by atoms with van der Waals surface area (Å²) in [6.07, 6.45) is 1.55. The predicted molar refractivity (Wildman–Crippen MR) is 119 cm³/mol. The number of carbonyl (C=O) groups excluding carboxylic acids is 1. The van der Waals surface area contributed by atoms with Crippen LogP contribution in [0, 0.1) is 18.7 Å². The van der Waals surface area contributed by atoms with Gasteiger partial charge in [-0.05, 0) is 63.9 Å². The monoisotopic (exact) mass is 460 g/mol. The molecular weight excluding hydrogens is 431 g/mol. The number of nitrogens with zero attached hydrogens (tertiary/aromatic N) is 1. The van der Waals surface area contributed by atoms with E-state index in [2.05, 4.69) is 5.32 Å². The summed E-state index contributed by atoms with van der Waals surface area (Å²) in [5.41, 5.74) is 1.69. The van der Waals surface area contributed by atoms with Gasteiger partial charge in [0.05, 0.1) is 10.9 Å². The van der Waals surface area contributed by atoms with Crippen LogP contribution in [0.25, 0.3) is 0 Å². The lowest BCUT2D eigenvalue weighted by atomic mass is 9.88. The molecule has 2 aliphatic heterocycles. The van der Waals surface area contributed by atoms with Crippen LogP contribution in [0.2, 0.25) is 0 Å². The average molecular weight is 461 g/mol. The lowest BCUT2D eigenvalue weighted by molar-refractivity contribution is -0.127. The number of rotatable bonds is 4.